The molecule has 21 heavy (non-hydrogen) atoms. The molecule has 2 rings (SSSR count). The maximum atomic E-state index is 14.3. The minimum absolute atomic E-state index is 0.0582. The Balaban J connectivity index is 2.56. The average Bonchev–Trinajstić information content (AvgIpc) is 2.72. The molecule has 7 heteroatoms. The van der Waals surface area contributed by atoms with Crippen LogP contribution in [-0.4, -0.2) is 16.3 Å². The SMILES string of the molecule is CCCNC(c1c(F)cc(Br)cc1F)c1c(Cl)cnn1C. The maximum Gasteiger partial charge on any atom is 0.132 e. The first kappa shape index (κ1) is 16.4. The summed E-state index contributed by atoms with van der Waals surface area (Å²) in [7, 11) is 1.69. The molecule has 0 saturated carbocycles. The molecule has 1 heterocycles. The summed E-state index contributed by atoms with van der Waals surface area (Å²) in [5.74, 6) is -1.26. The summed E-state index contributed by atoms with van der Waals surface area (Å²) in [5, 5.41) is 7.54. The van der Waals surface area contributed by atoms with Crippen molar-refractivity contribution in [3.8, 4) is 0 Å². The van der Waals surface area contributed by atoms with Gasteiger partial charge in [-0.25, -0.2) is 8.78 Å². The second-order valence-electron chi connectivity index (χ2n) is 4.67. The third-order valence-electron chi connectivity index (χ3n) is 3.14. The third-order valence-corrected chi connectivity index (χ3v) is 3.89. The number of hydrogen-bond donors (Lipinski definition) is 1. The second kappa shape index (κ2) is 6.85. The topological polar surface area (TPSA) is 29.9 Å². The van der Waals surface area contributed by atoms with Crippen molar-refractivity contribution in [3.05, 3.63) is 50.7 Å². The van der Waals surface area contributed by atoms with E-state index < -0.39 is 17.7 Å². The summed E-state index contributed by atoms with van der Waals surface area (Å²) in [4.78, 5) is 0. The van der Waals surface area contributed by atoms with E-state index >= 15 is 0 Å². The zero-order valence-electron chi connectivity index (χ0n) is 11.6. The van der Waals surface area contributed by atoms with Crippen LogP contribution in [-0.2, 0) is 7.05 Å². The summed E-state index contributed by atoms with van der Waals surface area (Å²) in [5.41, 5.74) is 0.474. The molecule has 114 valence electrons. The monoisotopic (exact) mass is 377 g/mol. The van der Waals surface area contributed by atoms with Gasteiger partial charge in [-0.05, 0) is 25.1 Å². The number of halogens is 4. The minimum Gasteiger partial charge on any atom is -0.305 e. The Morgan fingerprint density at radius 3 is 2.48 bits per heavy atom. The van der Waals surface area contributed by atoms with Gasteiger partial charge in [-0.2, -0.15) is 5.10 Å². The van der Waals surface area contributed by atoms with Crippen LogP contribution >= 0.6 is 27.5 Å². The molecule has 1 atom stereocenters. The Morgan fingerprint density at radius 2 is 2.00 bits per heavy atom. The van der Waals surface area contributed by atoms with Gasteiger partial charge in [0.2, 0.25) is 0 Å². The molecular formula is C14H15BrClF2N3. The van der Waals surface area contributed by atoms with Crippen LogP contribution in [0, 0.1) is 11.6 Å². The van der Waals surface area contributed by atoms with Gasteiger partial charge in [0.15, 0.2) is 0 Å². The molecule has 0 radical (unpaired) electrons. The fraction of sp³-hybridized carbons (Fsp3) is 0.357. The zero-order chi connectivity index (χ0) is 15.6. The first-order chi connectivity index (χ1) is 9.95. The van der Waals surface area contributed by atoms with Crippen LogP contribution in [0.25, 0.3) is 0 Å². The lowest BCUT2D eigenvalue weighted by Crippen LogP contribution is -2.27. The van der Waals surface area contributed by atoms with Gasteiger partial charge in [0.25, 0.3) is 0 Å². The first-order valence-electron chi connectivity index (χ1n) is 6.51. The third kappa shape index (κ3) is 3.44. The number of nitrogens with one attached hydrogen (secondary N) is 1. The lowest BCUT2D eigenvalue weighted by atomic mass is 10.0. The fourth-order valence-electron chi connectivity index (χ4n) is 2.20. The molecule has 0 fully saturated rings. The highest BCUT2D eigenvalue weighted by Crippen LogP contribution is 2.32. The molecule has 2 aromatic rings. The number of benzene rings is 1. The number of hydrogen-bond acceptors (Lipinski definition) is 2. The lowest BCUT2D eigenvalue weighted by Gasteiger charge is -2.21. The van der Waals surface area contributed by atoms with Crippen molar-refractivity contribution in [1.82, 2.24) is 15.1 Å². The van der Waals surface area contributed by atoms with Gasteiger partial charge < -0.3 is 5.32 Å². The molecule has 0 aliphatic carbocycles. The second-order valence-corrected chi connectivity index (χ2v) is 5.99. The molecule has 1 N–H and O–H groups in total. The smallest absolute Gasteiger partial charge is 0.132 e. The van der Waals surface area contributed by atoms with E-state index in [-0.39, 0.29) is 5.56 Å². The van der Waals surface area contributed by atoms with Crippen LogP contribution in [0.4, 0.5) is 8.78 Å². The molecular weight excluding hydrogens is 364 g/mol. The Hall–Kier alpha value is -0.980. The normalized spacial score (nSPS) is 12.7. The highest BCUT2D eigenvalue weighted by Gasteiger charge is 2.26. The molecule has 0 aliphatic heterocycles. The molecule has 0 spiro atoms. The average molecular weight is 379 g/mol. The molecule has 0 saturated heterocycles. The molecule has 0 bridgehead atoms. The first-order valence-corrected chi connectivity index (χ1v) is 7.68. The van der Waals surface area contributed by atoms with Gasteiger partial charge in [0.05, 0.1) is 23.0 Å². The van der Waals surface area contributed by atoms with Gasteiger partial charge in [0, 0.05) is 17.1 Å². The van der Waals surface area contributed by atoms with Gasteiger partial charge in [-0.1, -0.05) is 34.5 Å². The lowest BCUT2D eigenvalue weighted by molar-refractivity contribution is 0.484. The maximum absolute atomic E-state index is 14.3. The quantitative estimate of drug-likeness (QED) is 0.845. The van der Waals surface area contributed by atoms with Crippen LogP contribution < -0.4 is 5.32 Å². The standard InChI is InChI=1S/C14H15BrClF2N3/c1-3-4-19-13(14-9(16)7-20-21(14)2)12-10(17)5-8(15)6-11(12)18/h5-7,13,19H,3-4H2,1-2H3. The van der Waals surface area contributed by atoms with Crippen LogP contribution in [0.15, 0.2) is 22.8 Å². The highest BCUT2D eigenvalue weighted by molar-refractivity contribution is 9.10. The Bertz CT molecular complexity index is 603. The molecule has 3 nitrogen and oxygen atoms in total. The summed E-state index contributed by atoms with van der Waals surface area (Å²) < 4.78 is 30.4. The Kier molecular flexibility index (Phi) is 5.35. The summed E-state index contributed by atoms with van der Waals surface area (Å²) >= 11 is 9.21. The zero-order valence-corrected chi connectivity index (χ0v) is 14.0. The van der Waals surface area contributed by atoms with E-state index in [4.69, 9.17) is 11.6 Å². The van der Waals surface area contributed by atoms with Crippen LogP contribution in [0.2, 0.25) is 5.02 Å². The van der Waals surface area contributed by atoms with E-state index in [0.29, 0.717) is 21.7 Å². The predicted molar refractivity (Wildman–Crippen MR) is 82.4 cm³/mol. The van der Waals surface area contributed by atoms with Gasteiger partial charge in [-0.3, -0.25) is 4.68 Å². The van der Waals surface area contributed by atoms with Crippen molar-refractivity contribution in [3.63, 3.8) is 0 Å². The number of nitrogens with zero attached hydrogens (tertiary/aromatic N) is 2. The van der Waals surface area contributed by atoms with Gasteiger partial charge in [-0.15, -0.1) is 0 Å². The summed E-state index contributed by atoms with van der Waals surface area (Å²) in [6.07, 6.45) is 2.29. The number of aryl methyl sites for hydroxylation is 1. The molecule has 0 amide bonds. The van der Waals surface area contributed by atoms with E-state index in [9.17, 15) is 8.78 Å². The molecule has 1 aromatic carbocycles. The summed E-state index contributed by atoms with van der Waals surface area (Å²) in [6.45, 7) is 2.57. The fourth-order valence-corrected chi connectivity index (χ4v) is 2.88. The van der Waals surface area contributed by atoms with E-state index in [2.05, 4.69) is 26.3 Å². The van der Waals surface area contributed by atoms with Crippen molar-refractivity contribution in [2.24, 2.45) is 7.05 Å². The van der Waals surface area contributed by atoms with Crippen molar-refractivity contribution in [1.29, 1.82) is 0 Å². The molecule has 0 aliphatic rings. The van der Waals surface area contributed by atoms with Gasteiger partial charge >= 0.3 is 0 Å². The van der Waals surface area contributed by atoms with Crippen LogP contribution in [0.3, 0.4) is 0 Å². The number of rotatable bonds is 5. The minimum atomic E-state index is -0.696. The van der Waals surface area contributed by atoms with E-state index in [0.717, 1.165) is 6.42 Å². The Morgan fingerprint density at radius 1 is 1.38 bits per heavy atom. The predicted octanol–water partition coefficient (Wildman–Crippen LogP) is 4.20. The Labute approximate surface area is 135 Å². The van der Waals surface area contributed by atoms with Gasteiger partial charge in [0.1, 0.15) is 11.6 Å². The van der Waals surface area contributed by atoms with Crippen LogP contribution in [0.1, 0.15) is 30.6 Å². The van der Waals surface area contributed by atoms with E-state index in [1.807, 2.05) is 6.92 Å². The molecule has 1 unspecified atom stereocenters. The highest BCUT2D eigenvalue weighted by atomic mass is 79.9. The van der Waals surface area contributed by atoms with Crippen molar-refractivity contribution in [2.75, 3.05) is 6.54 Å². The number of aromatic nitrogens is 2. The van der Waals surface area contributed by atoms with Crippen molar-refractivity contribution >= 4 is 27.5 Å². The van der Waals surface area contributed by atoms with Crippen molar-refractivity contribution in [2.45, 2.75) is 19.4 Å². The van der Waals surface area contributed by atoms with Crippen molar-refractivity contribution < 1.29 is 8.78 Å². The largest absolute Gasteiger partial charge is 0.305 e. The van der Waals surface area contributed by atoms with E-state index in [1.54, 1.807) is 7.05 Å². The molecule has 1 aromatic heterocycles. The van der Waals surface area contributed by atoms with Crippen LogP contribution in [0.5, 0.6) is 0 Å². The van der Waals surface area contributed by atoms with E-state index in [1.165, 1.54) is 23.0 Å². The summed E-state index contributed by atoms with van der Waals surface area (Å²) in [6, 6.07) is 1.78.